The molecule has 0 bridgehead atoms. The van der Waals surface area contributed by atoms with Gasteiger partial charge in [-0.1, -0.05) is 48.0 Å². The minimum absolute atomic E-state index is 0.168. The second-order valence-electron chi connectivity index (χ2n) is 8.33. The van der Waals surface area contributed by atoms with Gasteiger partial charge in [-0.25, -0.2) is 12.4 Å². The molecule has 4 aromatic rings. The minimum Gasteiger partial charge on any atom is -0.497 e. The van der Waals surface area contributed by atoms with Crippen molar-refractivity contribution in [1.82, 2.24) is 3.97 Å². The summed E-state index contributed by atoms with van der Waals surface area (Å²) in [5.41, 5.74) is 4.95. The fourth-order valence-electron chi connectivity index (χ4n) is 4.61. The van der Waals surface area contributed by atoms with E-state index < -0.39 is 10.0 Å². The Morgan fingerprint density at radius 3 is 2.23 bits per heavy atom. The Bertz CT molecular complexity index is 1370. The second kappa shape index (κ2) is 7.27. The predicted molar refractivity (Wildman–Crippen MR) is 124 cm³/mol. The lowest BCUT2D eigenvalue weighted by Gasteiger charge is -2.13. The van der Waals surface area contributed by atoms with Crippen LogP contribution in [0.15, 0.2) is 77.7 Å². The topological polar surface area (TPSA) is 48.3 Å². The van der Waals surface area contributed by atoms with Gasteiger partial charge in [0.05, 0.1) is 17.5 Å². The Labute approximate surface area is 183 Å². The molecule has 31 heavy (non-hydrogen) atoms. The van der Waals surface area contributed by atoms with Gasteiger partial charge in [-0.2, -0.15) is 0 Å². The van der Waals surface area contributed by atoms with Crippen molar-refractivity contribution in [2.45, 2.75) is 37.0 Å². The van der Waals surface area contributed by atoms with Gasteiger partial charge in [-0.15, -0.1) is 0 Å². The van der Waals surface area contributed by atoms with Gasteiger partial charge in [-0.05, 0) is 67.6 Å². The molecule has 2 atom stereocenters. The van der Waals surface area contributed by atoms with Crippen LogP contribution in [-0.4, -0.2) is 19.5 Å². The molecule has 1 aliphatic rings. The molecule has 0 saturated heterocycles. The summed E-state index contributed by atoms with van der Waals surface area (Å²) in [6, 6.07) is 23.0. The number of methoxy groups -OCH3 is 1. The largest absolute Gasteiger partial charge is 0.497 e. The van der Waals surface area contributed by atoms with Crippen LogP contribution in [0.5, 0.6) is 5.75 Å². The lowest BCUT2D eigenvalue weighted by Crippen LogP contribution is -2.16. The van der Waals surface area contributed by atoms with Gasteiger partial charge in [0.2, 0.25) is 0 Å². The molecule has 1 saturated carbocycles. The molecule has 0 amide bonds. The van der Waals surface area contributed by atoms with Crippen LogP contribution in [0.3, 0.4) is 0 Å². The fraction of sp³-hybridized carbons (Fsp3) is 0.231. The van der Waals surface area contributed by atoms with Gasteiger partial charge in [0.1, 0.15) is 5.75 Å². The van der Waals surface area contributed by atoms with Crippen molar-refractivity contribution in [3.8, 4) is 5.75 Å². The zero-order chi connectivity index (χ0) is 21.8. The smallest absolute Gasteiger partial charge is 0.268 e. The van der Waals surface area contributed by atoms with E-state index in [1.54, 1.807) is 23.2 Å². The number of rotatable bonds is 5. The van der Waals surface area contributed by atoms with E-state index in [9.17, 15) is 8.42 Å². The average Bonchev–Trinajstić information content (AvgIpc) is 3.51. The normalized spacial score (nSPS) is 18.3. The third kappa shape index (κ3) is 3.24. The van der Waals surface area contributed by atoms with Crippen LogP contribution in [0.25, 0.3) is 10.9 Å². The summed E-state index contributed by atoms with van der Waals surface area (Å²) in [6.07, 6.45) is 0.937. The molecule has 158 valence electrons. The maximum absolute atomic E-state index is 13.8. The molecular formula is C26H25NO3S. The Kier molecular flexibility index (Phi) is 4.67. The van der Waals surface area contributed by atoms with Crippen molar-refractivity contribution in [3.63, 3.8) is 0 Å². The van der Waals surface area contributed by atoms with Crippen LogP contribution in [0.2, 0.25) is 0 Å². The van der Waals surface area contributed by atoms with Crippen LogP contribution in [-0.2, 0) is 10.0 Å². The SMILES string of the molecule is COc1ccc(C2CC2c2c(C)c3ccccc3n2S(=O)(=O)c2ccc(C)cc2)cc1. The Morgan fingerprint density at radius 2 is 1.55 bits per heavy atom. The summed E-state index contributed by atoms with van der Waals surface area (Å²) in [4.78, 5) is 0.321. The molecular weight excluding hydrogens is 406 g/mol. The molecule has 3 aromatic carbocycles. The highest BCUT2D eigenvalue weighted by Crippen LogP contribution is 2.57. The predicted octanol–water partition coefficient (Wildman–Crippen LogP) is 5.77. The molecule has 1 aromatic heterocycles. The minimum atomic E-state index is -3.72. The molecule has 5 rings (SSSR count). The van der Waals surface area contributed by atoms with E-state index in [4.69, 9.17) is 4.74 Å². The fourth-order valence-corrected chi connectivity index (χ4v) is 6.25. The van der Waals surface area contributed by atoms with Crippen LogP contribution in [0.4, 0.5) is 0 Å². The molecule has 2 unspecified atom stereocenters. The summed E-state index contributed by atoms with van der Waals surface area (Å²) in [5, 5.41) is 0.994. The van der Waals surface area contributed by atoms with Crippen LogP contribution in [0.1, 0.15) is 40.6 Å². The lowest BCUT2D eigenvalue weighted by atomic mass is 10.1. The van der Waals surface area contributed by atoms with Crippen LogP contribution in [0, 0.1) is 13.8 Å². The standard InChI is InChI=1S/C26H25NO3S/c1-17-8-14-21(15-9-17)31(28,29)27-25-7-5-4-6-22(25)18(2)26(27)24-16-23(24)19-10-12-20(30-3)13-11-19/h4-15,23-24H,16H2,1-3H3. The van der Waals surface area contributed by atoms with E-state index in [-0.39, 0.29) is 5.92 Å². The van der Waals surface area contributed by atoms with Gasteiger partial charge in [0, 0.05) is 17.0 Å². The third-order valence-corrected chi connectivity index (χ3v) is 8.12. The first-order valence-electron chi connectivity index (χ1n) is 10.5. The molecule has 4 nitrogen and oxygen atoms in total. The van der Waals surface area contributed by atoms with Crippen molar-refractivity contribution in [3.05, 3.63) is 95.2 Å². The number of fused-ring (bicyclic) bond motifs is 1. The number of aromatic nitrogens is 1. The summed E-state index contributed by atoms with van der Waals surface area (Å²) in [5.74, 6) is 1.30. The highest BCUT2D eigenvalue weighted by molar-refractivity contribution is 7.90. The van der Waals surface area contributed by atoms with Crippen LogP contribution >= 0.6 is 0 Å². The first-order chi connectivity index (χ1) is 14.9. The van der Waals surface area contributed by atoms with E-state index in [0.717, 1.165) is 39.9 Å². The maximum atomic E-state index is 13.8. The van der Waals surface area contributed by atoms with Crippen molar-refractivity contribution < 1.29 is 13.2 Å². The highest BCUT2D eigenvalue weighted by Gasteiger charge is 2.44. The second-order valence-corrected chi connectivity index (χ2v) is 10.1. The van der Waals surface area contributed by atoms with E-state index >= 15 is 0 Å². The van der Waals surface area contributed by atoms with Crippen molar-refractivity contribution in [2.75, 3.05) is 7.11 Å². The van der Waals surface area contributed by atoms with Crippen molar-refractivity contribution in [1.29, 1.82) is 0 Å². The molecule has 1 heterocycles. The summed E-state index contributed by atoms with van der Waals surface area (Å²) >= 11 is 0. The van der Waals surface area contributed by atoms with Gasteiger partial charge < -0.3 is 4.74 Å². The maximum Gasteiger partial charge on any atom is 0.268 e. The van der Waals surface area contributed by atoms with Crippen molar-refractivity contribution >= 4 is 20.9 Å². The number of hydrogen-bond acceptors (Lipinski definition) is 3. The summed E-state index contributed by atoms with van der Waals surface area (Å²) in [6.45, 7) is 4.00. The summed E-state index contributed by atoms with van der Waals surface area (Å²) < 4.78 is 34.5. The first kappa shape index (κ1) is 19.9. The number of benzene rings is 3. The van der Waals surface area contributed by atoms with E-state index in [1.165, 1.54) is 5.56 Å². The van der Waals surface area contributed by atoms with Gasteiger partial charge >= 0.3 is 0 Å². The zero-order valence-corrected chi connectivity index (χ0v) is 18.7. The average molecular weight is 432 g/mol. The lowest BCUT2D eigenvalue weighted by molar-refractivity contribution is 0.414. The zero-order valence-electron chi connectivity index (χ0n) is 17.9. The summed E-state index contributed by atoms with van der Waals surface area (Å²) in [7, 11) is -2.06. The number of para-hydroxylation sites is 1. The number of nitrogens with zero attached hydrogens (tertiary/aromatic N) is 1. The monoisotopic (exact) mass is 431 g/mol. The van der Waals surface area contributed by atoms with Crippen molar-refractivity contribution in [2.24, 2.45) is 0 Å². The molecule has 0 aliphatic heterocycles. The number of aryl methyl sites for hydroxylation is 2. The van der Waals surface area contributed by atoms with Gasteiger partial charge in [0.15, 0.2) is 0 Å². The van der Waals surface area contributed by atoms with E-state index in [2.05, 4.69) is 12.1 Å². The van der Waals surface area contributed by atoms with E-state index in [0.29, 0.717) is 10.8 Å². The van der Waals surface area contributed by atoms with Crippen LogP contribution < -0.4 is 4.74 Å². The molecule has 0 N–H and O–H groups in total. The highest BCUT2D eigenvalue weighted by atomic mass is 32.2. The third-order valence-electron chi connectivity index (χ3n) is 6.37. The first-order valence-corrected chi connectivity index (χ1v) is 11.9. The number of hydrogen-bond donors (Lipinski definition) is 0. The Balaban J connectivity index is 1.65. The number of ether oxygens (including phenoxy) is 1. The molecule has 1 fully saturated rings. The Morgan fingerprint density at radius 1 is 0.871 bits per heavy atom. The van der Waals surface area contributed by atoms with Gasteiger partial charge in [0.25, 0.3) is 10.0 Å². The molecule has 5 heteroatoms. The molecule has 1 aliphatic carbocycles. The molecule has 0 radical (unpaired) electrons. The van der Waals surface area contributed by atoms with Gasteiger partial charge in [-0.3, -0.25) is 0 Å². The quantitative estimate of drug-likeness (QED) is 0.403. The van der Waals surface area contributed by atoms with E-state index in [1.807, 2.05) is 62.4 Å². The molecule has 0 spiro atoms. The Hall–Kier alpha value is -3.05.